The van der Waals surface area contributed by atoms with Crippen LogP contribution in [0.5, 0.6) is 11.6 Å². The molecule has 0 amide bonds. The number of pyridine rings is 1. The van der Waals surface area contributed by atoms with Gasteiger partial charge in [-0.05, 0) is 79.0 Å². The van der Waals surface area contributed by atoms with E-state index in [1.165, 1.54) is 44.5 Å². The summed E-state index contributed by atoms with van der Waals surface area (Å²) in [6, 6.07) is 38.0. The summed E-state index contributed by atoms with van der Waals surface area (Å²) in [5.41, 5.74) is 11.3. The van der Waals surface area contributed by atoms with Gasteiger partial charge in [-0.2, -0.15) is 0 Å². The maximum atomic E-state index is 6.78. The molecule has 50 heavy (non-hydrogen) atoms. The molecule has 7 rings (SSSR count). The number of aromatic nitrogens is 1. The number of anilines is 1. The SMILES string of the molecule is CN1C=CN(c2cccc(Oc3cc(C(C)(C)C)cc(C4(c5ccccc5)c5cc(C(C)(C)C)ccc5-c5ccc(C(C)(C)C)cc54)n3)c2)C1. The molecule has 2 heterocycles. The van der Waals surface area contributed by atoms with Crippen LogP contribution in [0.3, 0.4) is 0 Å². The molecular weight excluding hydrogens is 611 g/mol. The quantitative estimate of drug-likeness (QED) is 0.184. The van der Waals surface area contributed by atoms with Crippen LogP contribution >= 0.6 is 0 Å². The van der Waals surface area contributed by atoms with Gasteiger partial charge in [0.2, 0.25) is 5.88 Å². The molecule has 4 nitrogen and oxygen atoms in total. The Labute approximate surface area is 299 Å². The van der Waals surface area contributed by atoms with E-state index in [1.807, 2.05) is 6.07 Å². The highest BCUT2D eigenvalue weighted by atomic mass is 16.5. The zero-order valence-corrected chi connectivity index (χ0v) is 31.4. The maximum Gasteiger partial charge on any atom is 0.219 e. The van der Waals surface area contributed by atoms with E-state index in [-0.39, 0.29) is 16.2 Å². The van der Waals surface area contributed by atoms with Gasteiger partial charge in [-0.3, -0.25) is 0 Å². The van der Waals surface area contributed by atoms with Gasteiger partial charge >= 0.3 is 0 Å². The predicted octanol–water partition coefficient (Wildman–Crippen LogP) is 11.3. The van der Waals surface area contributed by atoms with Gasteiger partial charge in [0.05, 0.1) is 17.8 Å². The van der Waals surface area contributed by atoms with Crippen LogP contribution in [0.1, 0.15) is 101 Å². The highest BCUT2D eigenvalue weighted by Crippen LogP contribution is 2.57. The summed E-state index contributed by atoms with van der Waals surface area (Å²) in [5.74, 6) is 1.36. The van der Waals surface area contributed by atoms with Crippen molar-refractivity contribution in [1.82, 2.24) is 9.88 Å². The van der Waals surface area contributed by atoms with Crippen LogP contribution in [0.4, 0.5) is 5.69 Å². The van der Waals surface area contributed by atoms with Gasteiger partial charge in [-0.25, -0.2) is 4.98 Å². The fourth-order valence-electron chi connectivity index (χ4n) is 7.41. The lowest BCUT2D eigenvalue weighted by Crippen LogP contribution is -2.31. The average molecular weight is 662 g/mol. The van der Waals surface area contributed by atoms with Crippen molar-refractivity contribution in [2.75, 3.05) is 18.6 Å². The third-order valence-electron chi connectivity index (χ3n) is 10.4. The second-order valence-corrected chi connectivity index (χ2v) is 17.2. The molecule has 2 aliphatic rings. The van der Waals surface area contributed by atoms with E-state index >= 15 is 0 Å². The third kappa shape index (κ3) is 5.89. The number of rotatable bonds is 5. The summed E-state index contributed by atoms with van der Waals surface area (Å²) >= 11 is 0. The van der Waals surface area contributed by atoms with Crippen LogP contribution in [0.15, 0.2) is 116 Å². The van der Waals surface area contributed by atoms with Gasteiger partial charge in [0, 0.05) is 37.3 Å². The summed E-state index contributed by atoms with van der Waals surface area (Å²) < 4.78 is 6.78. The first-order valence-electron chi connectivity index (χ1n) is 17.9. The largest absolute Gasteiger partial charge is 0.439 e. The van der Waals surface area contributed by atoms with Crippen LogP contribution in [-0.2, 0) is 21.7 Å². The van der Waals surface area contributed by atoms with Gasteiger partial charge in [0.15, 0.2) is 0 Å². The Hall–Kier alpha value is -4.83. The Kier molecular flexibility index (Phi) is 8.01. The summed E-state index contributed by atoms with van der Waals surface area (Å²) in [6.07, 6.45) is 4.19. The molecule has 256 valence electrons. The molecule has 0 fully saturated rings. The molecule has 5 aromatic rings. The normalized spacial score (nSPS) is 15.3. The van der Waals surface area contributed by atoms with E-state index < -0.39 is 5.41 Å². The second-order valence-electron chi connectivity index (χ2n) is 17.2. The smallest absolute Gasteiger partial charge is 0.219 e. The maximum absolute atomic E-state index is 6.78. The van der Waals surface area contributed by atoms with Gasteiger partial charge in [-0.1, -0.05) is 135 Å². The molecule has 1 aromatic heterocycles. The van der Waals surface area contributed by atoms with E-state index in [0.29, 0.717) is 5.88 Å². The zero-order chi connectivity index (χ0) is 35.6. The van der Waals surface area contributed by atoms with Crippen molar-refractivity contribution < 1.29 is 4.74 Å². The lowest BCUT2D eigenvalue weighted by atomic mass is 9.67. The first kappa shape index (κ1) is 33.7. The Morgan fingerprint density at radius 3 is 1.74 bits per heavy atom. The summed E-state index contributed by atoms with van der Waals surface area (Å²) in [7, 11) is 2.08. The average Bonchev–Trinajstić information content (AvgIpc) is 3.63. The predicted molar refractivity (Wildman–Crippen MR) is 208 cm³/mol. The minimum absolute atomic E-state index is 0.0257. The van der Waals surface area contributed by atoms with Crippen LogP contribution < -0.4 is 9.64 Å². The molecule has 0 saturated heterocycles. The fourth-order valence-corrected chi connectivity index (χ4v) is 7.41. The molecule has 0 N–H and O–H groups in total. The van der Waals surface area contributed by atoms with E-state index in [2.05, 4.69) is 189 Å². The van der Waals surface area contributed by atoms with Crippen molar-refractivity contribution in [2.45, 2.75) is 84.0 Å². The molecule has 4 heteroatoms. The van der Waals surface area contributed by atoms with Gasteiger partial charge in [0.25, 0.3) is 0 Å². The Morgan fingerprint density at radius 2 is 1.20 bits per heavy atom. The van der Waals surface area contributed by atoms with Gasteiger partial charge < -0.3 is 14.5 Å². The number of benzene rings is 4. The van der Waals surface area contributed by atoms with Crippen molar-refractivity contribution in [3.05, 3.63) is 155 Å². The highest BCUT2D eigenvalue weighted by molar-refractivity contribution is 5.86. The van der Waals surface area contributed by atoms with Crippen LogP contribution in [0.2, 0.25) is 0 Å². The zero-order valence-electron chi connectivity index (χ0n) is 31.4. The monoisotopic (exact) mass is 661 g/mol. The molecule has 0 saturated carbocycles. The Balaban J connectivity index is 1.52. The molecule has 0 unspecified atom stereocenters. The van der Waals surface area contributed by atoms with E-state index in [4.69, 9.17) is 9.72 Å². The van der Waals surface area contributed by atoms with Crippen molar-refractivity contribution in [3.8, 4) is 22.8 Å². The number of hydrogen-bond donors (Lipinski definition) is 0. The van der Waals surface area contributed by atoms with E-state index in [0.717, 1.165) is 23.8 Å². The molecule has 0 atom stereocenters. The van der Waals surface area contributed by atoms with E-state index in [1.54, 1.807) is 0 Å². The Morgan fingerprint density at radius 1 is 0.600 bits per heavy atom. The topological polar surface area (TPSA) is 28.6 Å². The van der Waals surface area contributed by atoms with Crippen molar-refractivity contribution >= 4 is 5.69 Å². The lowest BCUT2D eigenvalue weighted by molar-refractivity contribution is 0.453. The lowest BCUT2D eigenvalue weighted by Gasteiger charge is -2.35. The fraction of sp³-hybridized carbons (Fsp3) is 0.326. The second kappa shape index (κ2) is 11.9. The number of nitrogens with zero attached hydrogens (tertiary/aromatic N) is 3. The van der Waals surface area contributed by atoms with Crippen LogP contribution in [0, 0.1) is 0 Å². The van der Waals surface area contributed by atoms with Crippen molar-refractivity contribution in [1.29, 1.82) is 0 Å². The molecule has 0 radical (unpaired) electrons. The minimum Gasteiger partial charge on any atom is -0.439 e. The number of fused-ring (bicyclic) bond motifs is 3. The van der Waals surface area contributed by atoms with Gasteiger partial charge in [-0.15, -0.1) is 0 Å². The molecule has 1 aliphatic heterocycles. The molecule has 1 aliphatic carbocycles. The summed E-state index contributed by atoms with van der Waals surface area (Å²) in [6.45, 7) is 21.4. The minimum atomic E-state index is -0.666. The summed E-state index contributed by atoms with van der Waals surface area (Å²) in [4.78, 5) is 9.91. The van der Waals surface area contributed by atoms with Crippen molar-refractivity contribution in [3.63, 3.8) is 0 Å². The first-order valence-corrected chi connectivity index (χ1v) is 17.9. The van der Waals surface area contributed by atoms with Crippen LogP contribution in [-0.4, -0.2) is 23.6 Å². The number of hydrogen-bond acceptors (Lipinski definition) is 4. The number of ether oxygens (including phenoxy) is 1. The van der Waals surface area contributed by atoms with E-state index in [9.17, 15) is 0 Å². The van der Waals surface area contributed by atoms with Gasteiger partial charge in [0.1, 0.15) is 5.75 Å². The molecule has 0 bridgehead atoms. The van der Waals surface area contributed by atoms with Crippen molar-refractivity contribution in [2.24, 2.45) is 0 Å². The first-order chi connectivity index (χ1) is 23.5. The third-order valence-corrected chi connectivity index (χ3v) is 10.4. The highest BCUT2D eigenvalue weighted by Gasteiger charge is 2.48. The molecule has 0 spiro atoms. The van der Waals surface area contributed by atoms with Crippen LogP contribution in [0.25, 0.3) is 11.1 Å². The molecule has 4 aromatic carbocycles. The molecular formula is C46H51N3O. The summed E-state index contributed by atoms with van der Waals surface area (Å²) in [5, 5.41) is 0. The standard InChI is InChI=1S/C46H51N3O/c1-43(2,3)32-19-21-37-38-22-20-33(44(4,5)6)26-40(38)46(39(37)25-32,31-15-12-11-13-16-31)41-27-34(45(7,8)9)28-42(47-41)50-36-18-14-17-35(29-36)49-24-23-48(10)30-49/h11-29H,30H2,1-10H3. The Bertz CT molecular complexity index is 2030.